The van der Waals surface area contributed by atoms with E-state index in [-0.39, 0.29) is 21.9 Å². The minimum absolute atomic E-state index is 0.00271. The Morgan fingerprint density at radius 2 is 1.75 bits per heavy atom. The molecule has 0 amide bonds. The number of hydrogen-bond acceptors (Lipinski definition) is 6. The number of imidazole rings is 1. The number of sulfone groups is 1. The van der Waals surface area contributed by atoms with Gasteiger partial charge < -0.3 is 15.2 Å². The zero-order valence-corrected chi connectivity index (χ0v) is 17.1. The number of nitrogens with zero attached hydrogens (tertiary/aromatic N) is 2. The second-order valence-electron chi connectivity index (χ2n) is 7.27. The molecule has 0 aliphatic rings. The number of pyridine rings is 1. The first-order valence-corrected chi connectivity index (χ1v) is 9.92. The van der Waals surface area contributed by atoms with E-state index in [2.05, 4.69) is 4.98 Å². The maximum absolute atomic E-state index is 14.6. The van der Waals surface area contributed by atoms with Crippen LogP contribution in [0.1, 0.15) is 20.8 Å². The molecule has 0 spiro atoms. The van der Waals surface area contributed by atoms with E-state index in [1.165, 1.54) is 43.1 Å². The van der Waals surface area contributed by atoms with E-state index in [9.17, 15) is 12.8 Å². The highest BCUT2D eigenvalue weighted by molar-refractivity contribution is 7.92. The SMILES string of the molecule is COc1cc(-c2cnc3cc(OC)c(S(=O)(=O)C(C)(C)C)cn23)c(F)cc1N. The average Bonchev–Trinajstić information content (AvgIpc) is 3.02. The van der Waals surface area contributed by atoms with Gasteiger partial charge in [-0.05, 0) is 26.8 Å². The largest absolute Gasteiger partial charge is 0.495 e. The molecule has 0 unspecified atom stereocenters. The van der Waals surface area contributed by atoms with Gasteiger partial charge in [-0.15, -0.1) is 0 Å². The first-order chi connectivity index (χ1) is 13.0. The van der Waals surface area contributed by atoms with Crippen LogP contribution >= 0.6 is 0 Å². The molecule has 7 nitrogen and oxygen atoms in total. The van der Waals surface area contributed by atoms with Crippen molar-refractivity contribution in [2.75, 3.05) is 20.0 Å². The number of halogens is 1. The maximum atomic E-state index is 14.6. The predicted molar refractivity (Wildman–Crippen MR) is 105 cm³/mol. The second-order valence-corrected chi connectivity index (χ2v) is 9.94. The van der Waals surface area contributed by atoms with E-state index in [0.717, 1.165) is 6.07 Å². The van der Waals surface area contributed by atoms with Gasteiger partial charge in [-0.1, -0.05) is 0 Å². The van der Waals surface area contributed by atoms with Crippen LogP contribution < -0.4 is 15.2 Å². The number of hydrogen-bond donors (Lipinski definition) is 1. The fourth-order valence-electron chi connectivity index (χ4n) is 2.82. The van der Waals surface area contributed by atoms with Gasteiger partial charge in [0.25, 0.3) is 0 Å². The Morgan fingerprint density at radius 1 is 1.11 bits per heavy atom. The highest BCUT2D eigenvalue weighted by Gasteiger charge is 2.34. The smallest absolute Gasteiger partial charge is 0.188 e. The summed E-state index contributed by atoms with van der Waals surface area (Å²) in [7, 11) is -0.907. The Hall–Kier alpha value is -2.81. The molecule has 2 heterocycles. The number of anilines is 1. The molecule has 0 aliphatic carbocycles. The van der Waals surface area contributed by atoms with Gasteiger partial charge in [0.2, 0.25) is 0 Å². The summed E-state index contributed by atoms with van der Waals surface area (Å²) in [5.74, 6) is -0.0894. The van der Waals surface area contributed by atoms with Gasteiger partial charge in [-0.25, -0.2) is 17.8 Å². The van der Waals surface area contributed by atoms with Gasteiger partial charge in [-0.3, -0.25) is 4.40 Å². The summed E-state index contributed by atoms with van der Waals surface area (Å²) in [6, 6.07) is 4.12. The van der Waals surface area contributed by atoms with E-state index in [4.69, 9.17) is 15.2 Å². The summed E-state index contributed by atoms with van der Waals surface area (Å²) in [5, 5.41) is 0. The molecule has 0 saturated carbocycles. The fourth-order valence-corrected chi connectivity index (χ4v) is 4.13. The van der Waals surface area contributed by atoms with Crippen LogP contribution in [0.4, 0.5) is 10.1 Å². The van der Waals surface area contributed by atoms with E-state index < -0.39 is 20.4 Å². The van der Waals surface area contributed by atoms with Crippen LogP contribution in [-0.4, -0.2) is 36.8 Å². The van der Waals surface area contributed by atoms with Crippen LogP contribution in [0.25, 0.3) is 16.9 Å². The molecule has 3 aromatic rings. The molecule has 9 heteroatoms. The van der Waals surface area contributed by atoms with E-state index >= 15 is 0 Å². The third kappa shape index (κ3) is 3.05. The van der Waals surface area contributed by atoms with E-state index in [1.807, 2.05) is 0 Å². The summed E-state index contributed by atoms with van der Waals surface area (Å²) in [5.41, 5.74) is 6.87. The van der Waals surface area contributed by atoms with Gasteiger partial charge >= 0.3 is 0 Å². The number of benzene rings is 1. The molecular formula is C19H22FN3O4S. The van der Waals surface area contributed by atoms with Crippen molar-refractivity contribution in [3.05, 3.63) is 36.4 Å². The third-order valence-corrected chi connectivity index (χ3v) is 6.98. The molecule has 3 rings (SSSR count). The van der Waals surface area contributed by atoms with Crippen molar-refractivity contribution in [3.63, 3.8) is 0 Å². The first-order valence-electron chi connectivity index (χ1n) is 8.44. The quantitative estimate of drug-likeness (QED) is 0.667. The van der Waals surface area contributed by atoms with Crippen molar-refractivity contribution >= 4 is 21.2 Å². The summed E-state index contributed by atoms with van der Waals surface area (Å²) < 4.78 is 51.6. The molecule has 2 N–H and O–H groups in total. The molecule has 1 aromatic carbocycles. The van der Waals surface area contributed by atoms with Crippen molar-refractivity contribution < 1.29 is 22.3 Å². The zero-order valence-electron chi connectivity index (χ0n) is 16.3. The summed E-state index contributed by atoms with van der Waals surface area (Å²) >= 11 is 0. The van der Waals surface area contributed by atoms with Crippen molar-refractivity contribution in [1.82, 2.24) is 9.38 Å². The standard InChI is InChI=1S/C19H22FN3O4S/c1-19(2,3)28(24,25)17-10-23-14(9-22-18(23)8-16(17)27-5)11-6-15(26-4)13(21)7-12(11)20/h6-10H,21H2,1-5H3. The summed E-state index contributed by atoms with van der Waals surface area (Å²) in [4.78, 5) is 4.25. The highest BCUT2D eigenvalue weighted by atomic mass is 32.2. The molecule has 0 aliphatic heterocycles. The third-order valence-electron chi connectivity index (χ3n) is 4.49. The Balaban J connectivity index is 2.33. The Labute approximate surface area is 162 Å². The van der Waals surface area contributed by atoms with Crippen molar-refractivity contribution in [2.45, 2.75) is 30.4 Å². The van der Waals surface area contributed by atoms with Gasteiger partial charge in [0.15, 0.2) is 9.84 Å². The average molecular weight is 407 g/mol. The molecule has 150 valence electrons. The van der Waals surface area contributed by atoms with Gasteiger partial charge in [0.1, 0.15) is 27.9 Å². The molecule has 0 bridgehead atoms. The second kappa shape index (κ2) is 6.66. The Morgan fingerprint density at radius 3 is 2.32 bits per heavy atom. The highest BCUT2D eigenvalue weighted by Crippen LogP contribution is 2.36. The number of fused-ring (bicyclic) bond motifs is 1. The normalized spacial score (nSPS) is 12.4. The molecular weight excluding hydrogens is 385 g/mol. The molecule has 2 aromatic heterocycles. The number of rotatable bonds is 4. The maximum Gasteiger partial charge on any atom is 0.188 e. The van der Waals surface area contributed by atoms with E-state index in [1.54, 1.807) is 20.8 Å². The minimum Gasteiger partial charge on any atom is -0.495 e. The van der Waals surface area contributed by atoms with E-state index in [0.29, 0.717) is 17.1 Å². The molecule has 0 saturated heterocycles. The van der Waals surface area contributed by atoms with Crippen LogP contribution in [0.2, 0.25) is 0 Å². The molecule has 0 radical (unpaired) electrons. The number of nitrogens with two attached hydrogens (primary N) is 1. The van der Waals surface area contributed by atoms with Crippen molar-refractivity contribution in [2.24, 2.45) is 0 Å². The van der Waals surface area contributed by atoms with Crippen LogP contribution in [0.3, 0.4) is 0 Å². The molecule has 0 atom stereocenters. The lowest BCUT2D eigenvalue weighted by atomic mass is 10.1. The Bertz CT molecular complexity index is 1160. The van der Waals surface area contributed by atoms with Crippen molar-refractivity contribution in [1.29, 1.82) is 0 Å². The lowest BCUT2D eigenvalue weighted by molar-refractivity contribution is 0.401. The number of ether oxygens (including phenoxy) is 2. The zero-order chi connectivity index (χ0) is 20.9. The number of methoxy groups -OCH3 is 2. The van der Waals surface area contributed by atoms with Gasteiger partial charge in [0.05, 0.1) is 36.5 Å². The summed E-state index contributed by atoms with van der Waals surface area (Å²) in [6.07, 6.45) is 2.86. The first kappa shape index (κ1) is 19.9. The molecule has 0 fully saturated rings. The van der Waals surface area contributed by atoms with Crippen LogP contribution in [-0.2, 0) is 9.84 Å². The topological polar surface area (TPSA) is 95.9 Å². The number of nitrogen functional groups attached to an aromatic ring is 1. The predicted octanol–water partition coefficient (Wildman–Crippen LogP) is 3.31. The monoisotopic (exact) mass is 407 g/mol. The van der Waals surface area contributed by atoms with Crippen LogP contribution in [0.5, 0.6) is 11.5 Å². The van der Waals surface area contributed by atoms with Crippen LogP contribution in [0.15, 0.2) is 35.5 Å². The summed E-state index contributed by atoms with van der Waals surface area (Å²) in [6.45, 7) is 4.81. The van der Waals surface area contributed by atoms with Crippen LogP contribution in [0, 0.1) is 5.82 Å². The fraction of sp³-hybridized carbons (Fsp3) is 0.316. The number of aromatic nitrogens is 2. The van der Waals surface area contributed by atoms with Crippen molar-refractivity contribution in [3.8, 4) is 22.8 Å². The van der Waals surface area contributed by atoms with Gasteiger partial charge in [0, 0.05) is 23.9 Å². The molecule has 28 heavy (non-hydrogen) atoms. The Kier molecular flexibility index (Phi) is 4.74. The van der Waals surface area contributed by atoms with Gasteiger partial charge in [-0.2, -0.15) is 0 Å². The lowest BCUT2D eigenvalue weighted by Gasteiger charge is -2.21. The lowest BCUT2D eigenvalue weighted by Crippen LogP contribution is -2.28. The minimum atomic E-state index is -3.73.